The van der Waals surface area contributed by atoms with E-state index < -0.39 is 18.3 Å². The van der Waals surface area contributed by atoms with Gasteiger partial charge in [-0.1, -0.05) is 44.2 Å². The average Bonchev–Trinajstić information content (AvgIpc) is 2.45. The standard InChI is InChI=1S/C19H32N2O3/c1-14(2)12-20-13-16(22)17(11-15-9-7-6-8-10-15)24-18(23)21-19(3,4)5/h6-10,14,16-17,20,22H,11-13H2,1-5H3,(H,21,23)/t16-,17+/m1/s1. The monoisotopic (exact) mass is 336 g/mol. The number of aliphatic hydroxyl groups is 1. The molecule has 0 radical (unpaired) electrons. The second-order valence-electron chi connectivity index (χ2n) is 7.63. The van der Waals surface area contributed by atoms with Gasteiger partial charge < -0.3 is 20.5 Å². The molecule has 0 saturated carbocycles. The molecule has 0 heterocycles. The lowest BCUT2D eigenvalue weighted by molar-refractivity contribution is 0.00138. The summed E-state index contributed by atoms with van der Waals surface area (Å²) < 4.78 is 5.51. The summed E-state index contributed by atoms with van der Waals surface area (Å²) in [5, 5.41) is 16.4. The van der Waals surface area contributed by atoms with Crippen molar-refractivity contribution >= 4 is 6.09 Å². The van der Waals surface area contributed by atoms with Crippen LogP contribution in [0.3, 0.4) is 0 Å². The van der Waals surface area contributed by atoms with Gasteiger partial charge in [0.25, 0.3) is 0 Å². The second kappa shape index (κ2) is 9.64. The maximum atomic E-state index is 12.1. The first-order valence-corrected chi connectivity index (χ1v) is 8.59. The van der Waals surface area contributed by atoms with Gasteiger partial charge in [-0.05, 0) is 38.8 Å². The first-order chi connectivity index (χ1) is 11.2. The molecule has 0 aliphatic heterocycles. The fraction of sp³-hybridized carbons (Fsp3) is 0.632. The lowest BCUT2D eigenvalue weighted by Gasteiger charge is -2.27. The third kappa shape index (κ3) is 8.89. The van der Waals surface area contributed by atoms with Crippen LogP contribution in [0.5, 0.6) is 0 Å². The van der Waals surface area contributed by atoms with Crippen LogP contribution in [0.15, 0.2) is 30.3 Å². The Bertz CT molecular complexity index is 483. The van der Waals surface area contributed by atoms with Crippen LogP contribution in [0.2, 0.25) is 0 Å². The van der Waals surface area contributed by atoms with E-state index >= 15 is 0 Å². The van der Waals surface area contributed by atoms with Crippen LogP contribution < -0.4 is 10.6 Å². The molecule has 0 saturated heterocycles. The molecular weight excluding hydrogens is 304 g/mol. The fourth-order valence-electron chi connectivity index (χ4n) is 2.23. The number of alkyl carbamates (subject to hydrolysis) is 1. The van der Waals surface area contributed by atoms with Crippen LogP contribution >= 0.6 is 0 Å². The Balaban J connectivity index is 2.69. The number of benzene rings is 1. The van der Waals surface area contributed by atoms with Crippen LogP contribution in [0.4, 0.5) is 4.79 Å². The molecule has 0 aliphatic carbocycles. The Kier molecular flexibility index (Phi) is 8.22. The van der Waals surface area contributed by atoms with Gasteiger partial charge in [-0.25, -0.2) is 4.79 Å². The molecule has 1 aromatic rings. The minimum atomic E-state index is -0.769. The van der Waals surface area contributed by atoms with Crippen molar-refractivity contribution in [2.24, 2.45) is 5.92 Å². The van der Waals surface area contributed by atoms with Crippen molar-refractivity contribution in [1.29, 1.82) is 0 Å². The molecule has 5 nitrogen and oxygen atoms in total. The van der Waals surface area contributed by atoms with Crippen molar-refractivity contribution in [2.45, 2.75) is 58.8 Å². The first-order valence-electron chi connectivity index (χ1n) is 8.59. The molecular formula is C19H32N2O3. The SMILES string of the molecule is CC(C)CNC[C@@H](O)[C@H](Cc1ccccc1)OC(=O)NC(C)(C)C. The van der Waals surface area contributed by atoms with Crippen molar-refractivity contribution in [1.82, 2.24) is 10.6 Å². The molecule has 5 heteroatoms. The Morgan fingerprint density at radius 3 is 2.33 bits per heavy atom. The number of rotatable bonds is 8. The molecule has 136 valence electrons. The summed E-state index contributed by atoms with van der Waals surface area (Å²) in [5.41, 5.74) is 0.642. The Labute approximate surface area is 145 Å². The summed E-state index contributed by atoms with van der Waals surface area (Å²) in [4.78, 5) is 12.1. The van der Waals surface area contributed by atoms with Crippen LogP contribution in [0, 0.1) is 5.92 Å². The minimum absolute atomic E-state index is 0.380. The van der Waals surface area contributed by atoms with E-state index in [4.69, 9.17) is 4.74 Å². The van der Waals surface area contributed by atoms with Gasteiger partial charge in [0.1, 0.15) is 12.2 Å². The van der Waals surface area contributed by atoms with Crippen LogP contribution in [-0.2, 0) is 11.2 Å². The predicted molar refractivity (Wildman–Crippen MR) is 97.0 cm³/mol. The molecule has 1 rings (SSSR count). The van der Waals surface area contributed by atoms with Gasteiger partial charge in [0.05, 0.1) is 0 Å². The zero-order chi connectivity index (χ0) is 18.2. The topological polar surface area (TPSA) is 70.6 Å². The highest BCUT2D eigenvalue weighted by molar-refractivity contribution is 5.68. The summed E-state index contributed by atoms with van der Waals surface area (Å²) in [5.74, 6) is 0.495. The van der Waals surface area contributed by atoms with E-state index in [0.29, 0.717) is 18.9 Å². The summed E-state index contributed by atoms with van der Waals surface area (Å²) in [6, 6.07) is 9.74. The highest BCUT2D eigenvalue weighted by atomic mass is 16.6. The number of carbonyl (C=O) groups is 1. The van der Waals surface area contributed by atoms with E-state index in [-0.39, 0.29) is 5.54 Å². The Morgan fingerprint density at radius 1 is 1.17 bits per heavy atom. The maximum Gasteiger partial charge on any atom is 0.407 e. The molecule has 0 unspecified atom stereocenters. The van der Waals surface area contributed by atoms with Crippen molar-refractivity contribution in [3.05, 3.63) is 35.9 Å². The first kappa shape index (κ1) is 20.5. The third-order valence-corrected chi connectivity index (χ3v) is 3.35. The minimum Gasteiger partial charge on any atom is -0.443 e. The molecule has 24 heavy (non-hydrogen) atoms. The van der Waals surface area contributed by atoms with Gasteiger partial charge in [-0.2, -0.15) is 0 Å². The number of hydrogen-bond donors (Lipinski definition) is 3. The van der Waals surface area contributed by atoms with E-state index in [1.165, 1.54) is 0 Å². The van der Waals surface area contributed by atoms with Gasteiger partial charge in [-0.3, -0.25) is 0 Å². The molecule has 0 aromatic heterocycles. The van der Waals surface area contributed by atoms with E-state index in [9.17, 15) is 9.90 Å². The quantitative estimate of drug-likeness (QED) is 0.683. The van der Waals surface area contributed by atoms with Crippen LogP contribution in [0.25, 0.3) is 0 Å². The molecule has 3 N–H and O–H groups in total. The maximum absolute atomic E-state index is 12.1. The van der Waals surface area contributed by atoms with E-state index in [1.807, 2.05) is 51.1 Å². The largest absolute Gasteiger partial charge is 0.443 e. The molecule has 1 amide bonds. The average molecular weight is 336 g/mol. The zero-order valence-corrected chi connectivity index (χ0v) is 15.5. The highest BCUT2D eigenvalue weighted by Crippen LogP contribution is 2.11. The van der Waals surface area contributed by atoms with Gasteiger partial charge in [0, 0.05) is 18.5 Å². The van der Waals surface area contributed by atoms with Crippen molar-refractivity contribution in [2.75, 3.05) is 13.1 Å². The van der Waals surface area contributed by atoms with Gasteiger partial charge in [0.15, 0.2) is 0 Å². The Hall–Kier alpha value is -1.59. The van der Waals surface area contributed by atoms with Crippen molar-refractivity contribution in [3.8, 4) is 0 Å². The van der Waals surface area contributed by atoms with Gasteiger partial charge in [-0.15, -0.1) is 0 Å². The second-order valence-corrected chi connectivity index (χ2v) is 7.63. The van der Waals surface area contributed by atoms with E-state index in [0.717, 1.165) is 12.1 Å². The van der Waals surface area contributed by atoms with Crippen LogP contribution in [0.1, 0.15) is 40.2 Å². The van der Waals surface area contributed by atoms with Gasteiger partial charge in [0.2, 0.25) is 0 Å². The third-order valence-electron chi connectivity index (χ3n) is 3.35. The molecule has 0 spiro atoms. The van der Waals surface area contributed by atoms with Gasteiger partial charge >= 0.3 is 6.09 Å². The number of ether oxygens (including phenoxy) is 1. The molecule has 1 aromatic carbocycles. The Morgan fingerprint density at radius 2 is 1.79 bits per heavy atom. The van der Waals surface area contributed by atoms with Crippen molar-refractivity contribution < 1.29 is 14.6 Å². The summed E-state index contributed by atoms with van der Waals surface area (Å²) in [6.07, 6.45) is -1.40. The van der Waals surface area contributed by atoms with E-state index in [2.05, 4.69) is 24.5 Å². The number of amides is 1. The lowest BCUT2D eigenvalue weighted by atomic mass is 10.0. The number of nitrogens with one attached hydrogen (secondary N) is 2. The molecule has 0 bridgehead atoms. The lowest BCUT2D eigenvalue weighted by Crippen LogP contribution is -2.46. The normalized spacial score (nSPS) is 14.3. The predicted octanol–water partition coefficient (Wildman–Crippen LogP) is 2.73. The van der Waals surface area contributed by atoms with Crippen LogP contribution in [-0.4, -0.2) is 42.0 Å². The smallest absolute Gasteiger partial charge is 0.407 e. The number of aliphatic hydroxyl groups excluding tert-OH is 1. The van der Waals surface area contributed by atoms with Crippen molar-refractivity contribution in [3.63, 3.8) is 0 Å². The molecule has 0 aliphatic rings. The van der Waals surface area contributed by atoms with E-state index in [1.54, 1.807) is 0 Å². The summed E-state index contributed by atoms with van der Waals surface area (Å²) in [7, 11) is 0. The summed E-state index contributed by atoms with van der Waals surface area (Å²) >= 11 is 0. The fourth-order valence-corrected chi connectivity index (χ4v) is 2.23. The number of carbonyl (C=O) groups excluding carboxylic acids is 1. The number of hydrogen-bond acceptors (Lipinski definition) is 4. The molecule has 2 atom stereocenters. The summed E-state index contributed by atoms with van der Waals surface area (Å²) in [6.45, 7) is 11.1. The zero-order valence-electron chi connectivity index (χ0n) is 15.5. The molecule has 0 fully saturated rings. The highest BCUT2D eigenvalue weighted by Gasteiger charge is 2.25.